The van der Waals surface area contributed by atoms with Crippen LogP contribution in [0.3, 0.4) is 0 Å². The number of nitriles is 1. The highest BCUT2D eigenvalue weighted by atomic mass is 16.5. The molecule has 1 heterocycles. The van der Waals surface area contributed by atoms with E-state index in [1.54, 1.807) is 0 Å². The zero-order chi connectivity index (χ0) is 12.0. The summed E-state index contributed by atoms with van der Waals surface area (Å²) < 4.78 is 4.73. The number of anilines is 1. The van der Waals surface area contributed by atoms with Crippen molar-refractivity contribution in [1.29, 1.82) is 5.26 Å². The molecule has 1 aromatic heterocycles. The molecule has 7 heteroatoms. The summed E-state index contributed by atoms with van der Waals surface area (Å²) in [5.74, 6) is -0.990. The van der Waals surface area contributed by atoms with Crippen LogP contribution in [0.4, 0.5) is 5.95 Å². The molecule has 0 aliphatic heterocycles. The Balaban J connectivity index is 2.77. The topological polar surface area (TPSA) is 108 Å². The normalized spacial score (nSPS) is 11.5. The zero-order valence-corrected chi connectivity index (χ0v) is 8.54. The second kappa shape index (κ2) is 5.63. The van der Waals surface area contributed by atoms with Crippen molar-refractivity contribution in [3.8, 4) is 6.07 Å². The summed E-state index contributed by atoms with van der Waals surface area (Å²) >= 11 is 0. The van der Waals surface area contributed by atoms with Crippen LogP contribution in [-0.4, -0.2) is 40.8 Å². The lowest BCUT2D eigenvalue weighted by molar-refractivity contribution is -0.139. The summed E-state index contributed by atoms with van der Waals surface area (Å²) in [5, 5.41) is 20.0. The highest BCUT2D eigenvalue weighted by Gasteiger charge is 2.17. The molecule has 7 nitrogen and oxygen atoms in total. The first-order chi connectivity index (χ1) is 7.67. The zero-order valence-electron chi connectivity index (χ0n) is 8.54. The minimum absolute atomic E-state index is 0.0184. The quantitative estimate of drug-likeness (QED) is 0.713. The van der Waals surface area contributed by atoms with Crippen molar-refractivity contribution in [1.82, 2.24) is 9.97 Å². The molecule has 0 radical (unpaired) electrons. The minimum atomic E-state index is -1.08. The predicted molar refractivity (Wildman–Crippen MR) is 53.7 cm³/mol. The molecule has 0 aromatic carbocycles. The molecule has 84 valence electrons. The van der Waals surface area contributed by atoms with E-state index < -0.39 is 12.0 Å². The maximum Gasteiger partial charge on any atom is 0.328 e. The standard InChI is InChI=1S/C9H10N4O3/c1-16-5-7(8(14)15)13-9-11-3-2-6(4-10)12-9/h2-3,7H,5H2,1H3,(H,14,15)(H,11,12,13). The van der Waals surface area contributed by atoms with E-state index in [9.17, 15) is 4.79 Å². The summed E-state index contributed by atoms with van der Waals surface area (Å²) in [7, 11) is 1.39. The maximum absolute atomic E-state index is 10.8. The minimum Gasteiger partial charge on any atom is -0.480 e. The average molecular weight is 222 g/mol. The molecule has 0 fully saturated rings. The van der Waals surface area contributed by atoms with Gasteiger partial charge in [-0.25, -0.2) is 14.8 Å². The van der Waals surface area contributed by atoms with E-state index in [4.69, 9.17) is 15.1 Å². The molecule has 0 saturated carbocycles. The number of carbonyl (C=O) groups is 1. The van der Waals surface area contributed by atoms with Crippen LogP contribution >= 0.6 is 0 Å². The third kappa shape index (κ3) is 3.18. The number of rotatable bonds is 5. The second-order valence-electron chi connectivity index (χ2n) is 2.87. The molecule has 0 aliphatic rings. The van der Waals surface area contributed by atoms with Crippen molar-refractivity contribution in [3.63, 3.8) is 0 Å². The fourth-order valence-electron chi connectivity index (χ4n) is 0.988. The van der Waals surface area contributed by atoms with Crippen LogP contribution < -0.4 is 5.32 Å². The third-order valence-electron chi connectivity index (χ3n) is 1.70. The molecular formula is C9H10N4O3. The van der Waals surface area contributed by atoms with Gasteiger partial charge in [-0.2, -0.15) is 5.26 Å². The molecule has 1 aromatic rings. The number of carboxylic acids is 1. The molecule has 0 amide bonds. The fraction of sp³-hybridized carbons (Fsp3) is 0.333. The summed E-state index contributed by atoms with van der Waals surface area (Å²) in [6, 6.07) is 2.31. The number of methoxy groups -OCH3 is 1. The molecular weight excluding hydrogens is 212 g/mol. The average Bonchev–Trinajstić information content (AvgIpc) is 2.28. The van der Waals surface area contributed by atoms with Crippen LogP contribution in [0.2, 0.25) is 0 Å². The first kappa shape index (κ1) is 11.9. The van der Waals surface area contributed by atoms with Crippen molar-refractivity contribution < 1.29 is 14.6 Å². The molecule has 1 rings (SSSR count). The lowest BCUT2D eigenvalue weighted by Crippen LogP contribution is -2.34. The number of aromatic nitrogens is 2. The number of hydrogen-bond donors (Lipinski definition) is 2. The van der Waals surface area contributed by atoms with Crippen LogP contribution in [0.15, 0.2) is 12.3 Å². The number of nitrogens with zero attached hydrogens (tertiary/aromatic N) is 3. The van der Waals surface area contributed by atoms with Gasteiger partial charge in [0, 0.05) is 13.3 Å². The lowest BCUT2D eigenvalue weighted by Gasteiger charge is -2.12. The van der Waals surface area contributed by atoms with E-state index in [1.807, 2.05) is 6.07 Å². The Bertz CT molecular complexity index is 415. The van der Waals surface area contributed by atoms with Gasteiger partial charge in [0.2, 0.25) is 5.95 Å². The van der Waals surface area contributed by atoms with Crippen molar-refractivity contribution in [3.05, 3.63) is 18.0 Å². The van der Waals surface area contributed by atoms with E-state index in [2.05, 4.69) is 15.3 Å². The van der Waals surface area contributed by atoms with Crippen molar-refractivity contribution in [2.75, 3.05) is 19.0 Å². The fourth-order valence-corrected chi connectivity index (χ4v) is 0.988. The van der Waals surface area contributed by atoms with Gasteiger partial charge < -0.3 is 15.2 Å². The third-order valence-corrected chi connectivity index (χ3v) is 1.70. The Morgan fingerprint density at radius 1 is 1.81 bits per heavy atom. The molecule has 1 atom stereocenters. The van der Waals surface area contributed by atoms with E-state index in [0.717, 1.165) is 0 Å². The smallest absolute Gasteiger partial charge is 0.328 e. The molecule has 1 unspecified atom stereocenters. The van der Waals surface area contributed by atoms with Gasteiger partial charge in [-0.15, -0.1) is 0 Å². The Kier molecular flexibility index (Phi) is 4.17. The molecule has 2 N–H and O–H groups in total. The number of nitrogens with one attached hydrogen (secondary N) is 1. The largest absolute Gasteiger partial charge is 0.480 e. The van der Waals surface area contributed by atoms with Crippen molar-refractivity contribution >= 4 is 11.9 Å². The Morgan fingerprint density at radius 3 is 3.12 bits per heavy atom. The highest BCUT2D eigenvalue weighted by Crippen LogP contribution is 2.02. The van der Waals surface area contributed by atoms with Crippen molar-refractivity contribution in [2.24, 2.45) is 0 Å². The number of ether oxygens (including phenoxy) is 1. The first-order valence-corrected chi connectivity index (χ1v) is 4.38. The van der Waals surface area contributed by atoms with Gasteiger partial charge in [0.1, 0.15) is 11.8 Å². The molecule has 0 bridgehead atoms. The molecule has 0 saturated heterocycles. The van der Waals surface area contributed by atoms with Gasteiger partial charge in [0.15, 0.2) is 6.04 Å². The van der Waals surface area contributed by atoms with E-state index in [-0.39, 0.29) is 18.2 Å². The van der Waals surface area contributed by atoms with Gasteiger partial charge in [-0.05, 0) is 6.07 Å². The van der Waals surface area contributed by atoms with Gasteiger partial charge in [-0.1, -0.05) is 0 Å². The molecule has 0 aliphatic carbocycles. The van der Waals surface area contributed by atoms with Crippen LogP contribution in [0.25, 0.3) is 0 Å². The second-order valence-corrected chi connectivity index (χ2v) is 2.87. The Morgan fingerprint density at radius 2 is 2.56 bits per heavy atom. The number of hydrogen-bond acceptors (Lipinski definition) is 6. The predicted octanol–water partition coefficient (Wildman–Crippen LogP) is -0.140. The van der Waals surface area contributed by atoms with Gasteiger partial charge in [-0.3, -0.25) is 0 Å². The SMILES string of the molecule is COCC(Nc1nccc(C#N)n1)C(=O)O. The van der Waals surface area contributed by atoms with E-state index in [0.29, 0.717) is 0 Å². The maximum atomic E-state index is 10.8. The van der Waals surface area contributed by atoms with Gasteiger partial charge in [0.05, 0.1) is 6.61 Å². The van der Waals surface area contributed by atoms with Gasteiger partial charge >= 0.3 is 5.97 Å². The Labute approximate surface area is 91.7 Å². The first-order valence-electron chi connectivity index (χ1n) is 4.38. The van der Waals surface area contributed by atoms with Crippen LogP contribution in [0.1, 0.15) is 5.69 Å². The van der Waals surface area contributed by atoms with E-state index >= 15 is 0 Å². The molecule has 0 spiro atoms. The van der Waals surface area contributed by atoms with Crippen molar-refractivity contribution in [2.45, 2.75) is 6.04 Å². The monoisotopic (exact) mass is 222 g/mol. The summed E-state index contributed by atoms with van der Waals surface area (Å²) in [4.78, 5) is 18.4. The van der Waals surface area contributed by atoms with Crippen LogP contribution in [0.5, 0.6) is 0 Å². The van der Waals surface area contributed by atoms with Gasteiger partial charge in [0.25, 0.3) is 0 Å². The van der Waals surface area contributed by atoms with Crippen LogP contribution in [-0.2, 0) is 9.53 Å². The number of carboxylic acid groups (broad SMARTS) is 1. The highest BCUT2D eigenvalue weighted by molar-refractivity contribution is 5.76. The van der Waals surface area contributed by atoms with E-state index in [1.165, 1.54) is 19.4 Å². The van der Waals surface area contributed by atoms with Crippen LogP contribution in [0, 0.1) is 11.3 Å². The summed E-state index contributed by atoms with van der Waals surface area (Å²) in [6.07, 6.45) is 1.37. The lowest BCUT2D eigenvalue weighted by atomic mass is 10.3. The Hall–Kier alpha value is -2.20. The number of aliphatic carboxylic acids is 1. The summed E-state index contributed by atoms with van der Waals surface area (Å²) in [5.41, 5.74) is 0.166. The summed E-state index contributed by atoms with van der Waals surface area (Å²) in [6.45, 7) is -0.0184. The molecule has 16 heavy (non-hydrogen) atoms.